The average molecular weight is 282 g/mol. The molecule has 1 amide bonds. The summed E-state index contributed by atoms with van der Waals surface area (Å²) in [5, 5.41) is 20.4. The van der Waals surface area contributed by atoms with Crippen LogP contribution < -0.4 is 5.73 Å². The third-order valence-corrected chi connectivity index (χ3v) is 2.61. The fraction of sp³-hybridized carbons (Fsp3) is 0.417. The maximum Gasteiger partial charge on any atom is 0.272 e. The van der Waals surface area contributed by atoms with Crippen molar-refractivity contribution in [3.8, 4) is 0 Å². The Balaban J connectivity index is 2.83. The first-order valence-electron chi connectivity index (χ1n) is 5.97. The minimum absolute atomic E-state index is 0.0805. The molecule has 8 nitrogen and oxygen atoms in total. The molecule has 1 heterocycles. The van der Waals surface area contributed by atoms with Gasteiger partial charge in [0.2, 0.25) is 0 Å². The van der Waals surface area contributed by atoms with Gasteiger partial charge in [0.1, 0.15) is 5.69 Å². The van der Waals surface area contributed by atoms with E-state index in [-0.39, 0.29) is 30.6 Å². The fourth-order valence-electron chi connectivity index (χ4n) is 1.53. The molecule has 0 radical (unpaired) electrons. The molecule has 0 fully saturated rings. The summed E-state index contributed by atoms with van der Waals surface area (Å²) in [5.74, 6) is -0.398. The number of amidine groups is 1. The molecule has 0 spiro atoms. The highest BCUT2D eigenvalue weighted by molar-refractivity contribution is 5.98. The molecule has 0 bridgehead atoms. The molecule has 20 heavy (non-hydrogen) atoms. The van der Waals surface area contributed by atoms with Crippen molar-refractivity contribution in [3.05, 3.63) is 29.6 Å². The molecular formula is C12H18N4O4. The van der Waals surface area contributed by atoms with Gasteiger partial charge in [-0.2, -0.15) is 0 Å². The number of carbonyl (C=O) groups is 1. The average Bonchev–Trinajstić information content (AvgIpc) is 2.50. The molecule has 1 aromatic heterocycles. The number of hydrogen-bond donors (Lipinski definition) is 3. The van der Waals surface area contributed by atoms with Crippen molar-refractivity contribution in [1.29, 1.82) is 0 Å². The molecule has 1 rings (SSSR count). The van der Waals surface area contributed by atoms with Gasteiger partial charge < -0.3 is 25.7 Å². The lowest BCUT2D eigenvalue weighted by Gasteiger charge is -2.20. The predicted octanol–water partition coefficient (Wildman–Crippen LogP) is -0.743. The van der Waals surface area contributed by atoms with Crippen molar-refractivity contribution in [1.82, 2.24) is 9.88 Å². The zero-order chi connectivity index (χ0) is 15.0. The van der Waals surface area contributed by atoms with Crippen molar-refractivity contribution >= 4 is 11.7 Å². The number of carbonyl (C=O) groups excluding carboxylic acids is 1. The number of oxime groups is 1. The molecular weight excluding hydrogens is 264 g/mol. The van der Waals surface area contributed by atoms with E-state index >= 15 is 0 Å². The van der Waals surface area contributed by atoms with Crippen LogP contribution >= 0.6 is 0 Å². The van der Waals surface area contributed by atoms with Crippen LogP contribution in [0.4, 0.5) is 0 Å². The largest absolute Gasteiger partial charge is 0.409 e. The van der Waals surface area contributed by atoms with Gasteiger partial charge in [0.05, 0.1) is 13.2 Å². The van der Waals surface area contributed by atoms with Crippen LogP contribution in [0, 0.1) is 0 Å². The van der Waals surface area contributed by atoms with Gasteiger partial charge in [-0.3, -0.25) is 9.78 Å². The second-order valence-electron chi connectivity index (χ2n) is 3.93. The topological polar surface area (TPSA) is 121 Å². The van der Waals surface area contributed by atoms with Crippen molar-refractivity contribution < 1.29 is 19.8 Å². The van der Waals surface area contributed by atoms with Gasteiger partial charge in [-0.25, -0.2) is 0 Å². The maximum absolute atomic E-state index is 12.2. The summed E-state index contributed by atoms with van der Waals surface area (Å²) in [4.78, 5) is 17.6. The number of nitrogens with two attached hydrogens (primary N) is 1. The van der Waals surface area contributed by atoms with E-state index in [0.717, 1.165) is 0 Å². The molecule has 0 unspecified atom stereocenters. The predicted molar refractivity (Wildman–Crippen MR) is 71.6 cm³/mol. The number of aliphatic hydroxyl groups excluding tert-OH is 1. The number of ether oxygens (including phenoxy) is 1. The molecule has 8 heteroatoms. The number of rotatable bonds is 7. The first kappa shape index (κ1) is 15.9. The number of hydrogen-bond acceptors (Lipinski definition) is 6. The number of methoxy groups -OCH3 is 1. The number of amides is 1. The third-order valence-electron chi connectivity index (χ3n) is 2.61. The van der Waals surface area contributed by atoms with E-state index in [4.69, 9.17) is 20.8 Å². The Hall–Kier alpha value is -2.19. The summed E-state index contributed by atoms with van der Waals surface area (Å²) in [5.41, 5.74) is 6.03. The maximum atomic E-state index is 12.2. The third kappa shape index (κ3) is 4.18. The number of aromatic nitrogens is 1. The van der Waals surface area contributed by atoms with Crippen LogP contribution in [-0.4, -0.2) is 65.4 Å². The SMILES string of the molecule is COCCN(CCO)C(=O)c1ccc(/C(N)=N/O)cn1. The normalized spacial score (nSPS) is 11.4. The molecule has 1 aromatic rings. The highest BCUT2D eigenvalue weighted by atomic mass is 16.5. The Morgan fingerprint density at radius 2 is 2.25 bits per heavy atom. The Labute approximate surface area is 116 Å². The second kappa shape index (κ2) is 8.08. The van der Waals surface area contributed by atoms with E-state index in [1.165, 1.54) is 30.3 Å². The van der Waals surface area contributed by atoms with Crippen LogP contribution in [0.15, 0.2) is 23.5 Å². The molecule has 0 aliphatic carbocycles. The lowest BCUT2D eigenvalue weighted by atomic mass is 10.2. The molecule has 4 N–H and O–H groups in total. The lowest BCUT2D eigenvalue weighted by molar-refractivity contribution is 0.0651. The van der Waals surface area contributed by atoms with Crippen LogP contribution in [0.3, 0.4) is 0 Å². The highest BCUT2D eigenvalue weighted by Crippen LogP contribution is 2.04. The summed E-state index contributed by atoms with van der Waals surface area (Å²) >= 11 is 0. The number of pyridine rings is 1. The van der Waals surface area contributed by atoms with Crippen molar-refractivity contribution in [2.45, 2.75) is 0 Å². The smallest absolute Gasteiger partial charge is 0.272 e. The number of aliphatic hydroxyl groups is 1. The van der Waals surface area contributed by atoms with Gasteiger partial charge in [-0.1, -0.05) is 5.16 Å². The van der Waals surface area contributed by atoms with Crippen LogP contribution in [0.25, 0.3) is 0 Å². The van der Waals surface area contributed by atoms with Gasteiger partial charge in [0, 0.05) is 32.0 Å². The van der Waals surface area contributed by atoms with Crippen LogP contribution in [-0.2, 0) is 4.74 Å². The summed E-state index contributed by atoms with van der Waals surface area (Å²) in [6.07, 6.45) is 1.34. The summed E-state index contributed by atoms with van der Waals surface area (Å²) < 4.78 is 4.91. The molecule has 0 aromatic carbocycles. The second-order valence-corrected chi connectivity index (χ2v) is 3.93. The Kier molecular flexibility index (Phi) is 6.41. The minimum Gasteiger partial charge on any atom is -0.409 e. The summed E-state index contributed by atoms with van der Waals surface area (Å²) in [6, 6.07) is 3.01. The Morgan fingerprint density at radius 3 is 2.75 bits per heavy atom. The first-order chi connectivity index (χ1) is 9.63. The Bertz CT molecular complexity index is 461. The lowest BCUT2D eigenvalue weighted by Crippen LogP contribution is -2.36. The van der Waals surface area contributed by atoms with E-state index in [1.807, 2.05) is 0 Å². The Morgan fingerprint density at radius 1 is 1.50 bits per heavy atom. The molecule has 0 aliphatic heterocycles. The molecule has 0 saturated heterocycles. The van der Waals surface area contributed by atoms with E-state index < -0.39 is 0 Å². The van der Waals surface area contributed by atoms with Gasteiger partial charge in [0.15, 0.2) is 5.84 Å². The summed E-state index contributed by atoms with van der Waals surface area (Å²) in [7, 11) is 1.53. The molecule has 0 saturated carbocycles. The van der Waals surface area contributed by atoms with Crippen molar-refractivity contribution in [3.63, 3.8) is 0 Å². The van der Waals surface area contributed by atoms with E-state index in [1.54, 1.807) is 0 Å². The zero-order valence-electron chi connectivity index (χ0n) is 11.2. The minimum atomic E-state index is -0.317. The van der Waals surface area contributed by atoms with Gasteiger partial charge >= 0.3 is 0 Å². The van der Waals surface area contributed by atoms with Crippen LogP contribution in [0.1, 0.15) is 16.1 Å². The quantitative estimate of drug-likeness (QED) is 0.262. The van der Waals surface area contributed by atoms with Crippen LogP contribution in [0.2, 0.25) is 0 Å². The van der Waals surface area contributed by atoms with E-state index in [9.17, 15) is 4.79 Å². The standard InChI is InChI=1S/C12H18N4O4/c1-20-7-5-16(4-6-17)12(18)10-3-2-9(8-14-10)11(13)15-19/h2-3,8,17,19H,4-7H2,1H3,(H2,13,15). The highest BCUT2D eigenvalue weighted by Gasteiger charge is 2.16. The van der Waals surface area contributed by atoms with Gasteiger partial charge in [0.25, 0.3) is 5.91 Å². The first-order valence-corrected chi connectivity index (χ1v) is 5.97. The zero-order valence-corrected chi connectivity index (χ0v) is 11.2. The fourth-order valence-corrected chi connectivity index (χ4v) is 1.53. The summed E-state index contributed by atoms with van der Waals surface area (Å²) in [6.45, 7) is 0.789. The monoisotopic (exact) mass is 282 g/mol. The number of nitrogens with zero attached hydrogens (tertiary/aromatic N) is 3. The molecule has 0 atom stereocenters. The van der Waals surface area contributed by atoms with Gasteiger partial charge in [-0.05, 0) is 12.1 Å². The van der Waals surface area contributed by atoms with Crippen molar-refractivity contribution in [2.75, 3.05) is 33.4 Å². The van der Waals surface area contributed by atoms with Crippen molar-refractivity contribution in [2.24, 2.45) is 10.9 Å². The molecule has 110 valence electrons. The van der Waals surface area contributed by atoms with Crippen LogP contribution in [0.5, 0.6) is 0 Å². The molecule has 0 aliphatic rings. The van der Waals surface area contributed by atoms with E-state index in [2.05, 4.69) is 10.1 Å². The van der Waals surface area contributed by atoms with Gasteiger partial charge in [-0.15, -0.1) is 0 Å². The van der Waals surface area contributed by atoms with E-state index in [0.29, 0.717) is 18.7 Å².